The van der Waals surface area contributed by atoms with E-state index in [4.69, 9.17) is 14.6 Å². The topological polar surface area (TPSA) is 102 Å². The molecule has 0 spiro atoms. The summed E-state index contributed by atoms with van der Waals surface area (Å²) in [5.74, 6) is -1.77. The number of carbonyl (C=O) groups is 3. The molecule has 0 aromatic rings. The lowest BCUT2D eigenvalue weighted by Gasteiger charge is -2.21. The van der Waals surface area contributed by atoms with Crippen LogP contribution in [-0.2, 0) is 19.1 Å². The maximum Gasteiger partial charge on any atom is 0.408 e. The van der Waals surface area contributed by atoms with Gasteiger partial charge in [-0.2, -0.15) is 0 Å². The number of hydrogen-bond donors (Lipinski definition) is 2. The Morgan fingerprint density at radius 3 is 2.13 bits per heavy atom. The van der Waals surface area contributed by atoms with Crippen molar-refractivity contribution in [1.82, 2.24) is 5.32 Å². The van der Waals surface area contributed by atoms with Gasteiger partial charge in [-0.25, -0.2) is 14.4 Å². The Morgan fingerprint density at radius 1 is 1.13 bits per heavy atom. The molecular formula is C16H27NO6. The summed E-state index contributed by atoms with van der Waals surface area (Å²) in [4.78, 5) is 34.2. The highest BCUT2D eigenvalue weighted by molar-refractivity contribution is 5.83. The smallest absolute Gasteiger partial charge is 0.408 e. The number of ether oxygens (including phenoxy) is 2. The van der Waals surface area contributed by atoms with Gasteiger partial charge in [0.25, 0.3) is 0 Å². The first-order valence-corrected chi connectivity index (χ1v) is 7.36. The Labute approximate surface area is 137 Å². The maximum atomic E-state index is 11.6. The summed E-state index contributed by atoms with van der Waals surface area (Å²) >= 11 is 0. The Kier molecular flexibility index (Phi) is 7.79. The summed E-state index contributed by atoms with van der Waals surface area (Å²) in [5, 5.41) is 11.3. The van der Waals surface area contributed by atoms with Crippen LogP contribution in [0.2, 0.25) is 0 Å². The summed E-state index contributed by atoms with van der Waals surface area (Å²) in [5.41, 5.74) is -0.870. The lowest BCUT2D eigenvalue weighted by molar-refractivity contribution is -0.141. The zero-order chi connectivity index (χ0) is 18.3. The minimum absolute atomic E-state index is 0.0564. The third-order valence-corrected chi connectivity index (χ3v) is 2.26. The number of carboxylic acid groups (broad SMARTS) is 1. The van der Waals surface area contributed by atoms with E-state index in [1.807, 2.05) is 20.8 Å². The van der Waals surface area contributed by atoms with Crippen molar-refractivity contribution in [3.63, 3.8) is 0 Å². The minimum atomic E-state index is -1.22. The van der Waals surface area contributed by atoms with Crippen molar-refractivity contribution in [2.24, 2.45) is 5.41 Å². The van der Waals surface area contributed by atoms with E-state index in [0.29, 0.717) is 0 Å². The summed E-state index contributed by atoms with van der Waals surface area (Å²) in [7, 11) is 0. The second kappa shape index (κ2) is 8.55. The van der Waals surface area contributed by atoms with Crippen LogP contribution in [0.1, 0.15) is 48.0 Å². The number of carboxylic acids is 1. The third kappa shape index (κ3) is 12.2. The first kappa shape index (κ1) is 20.9. The van der Waals surface area contributed by atoms with Crippen molar-refractivity contribution in [3.05, 3.63) is 12.2 Å². The van der Waals surface area contributed by atoms with Crippen molar-refractivity contribution >= 4 is 18.0 Å². The molecule has 23 heavy (non-hydrogen) atoms. The van der Waals surface area contributed by atoms with Crippen LogP contribution in [-0.4, -0.2) is 41.4 Å². The van der Waals surface area contributed by atoms with E-state index < -0.39 is 29.7 Å². The predicted molar refractivity (Wildman–Crippen MR) is 85.0 cm³/mol. The van der Waals surface area contributed by atoms with E-state index in [1.165, 1.54) is 6.08 Å². The molecule has 1 amide bonds. The molecule has 0 aliphatic heterocycles. The number of hydrogen-bond acceptors (Lipinski definition) is 5. The maximum absolute atomic E-state index is 11.6. The molecule has 0 rings (SSSR count). The first-order chi connectivity index (χ1) is 10.3. The van der Waals surface area contributed by atoms with Gasteiger partial charge in [0, 0.05) is 6.08 Å². The monoisotopic (exact) mass is 329 g/mol. The van der Waals surface area contributed by atoms with Crippen LogP contribution in [0, 0.1) is 5.41 Å². The van der Waals surface area contributed by atoms with Crippen LogP contribution in [0.5, 0.6) is 0 Å². The molecule has 0 aromatic carbocycles. The highest BCUT2D eigenvalue weighted by Gasteiger charge is 2.23. The molecule has 0 aliphatic rings. The van der Waals surface area contributed by atoms with E-state index >= 15 is 0 Å². The fourth-order valence-corrected chi connectivity index (χ4v) is 1.31. The molecule has 2 N–H and O–H groups in total. The Hall–Kier alpha value is -2.05. The van der Waals surface area contributed by atoms with E-state index in [0.717, 1.165) is 6.08 Å². The molecule has 0 fully saturated rings. The van der Waals surface area contributed by atoms with Gasteiger partial charge in [0.05, 0.1) is 6.61 Å². The number of rotatable bonds is 6. The lowest BCUT2D eigenvalue weighted by atomic mass is 9.99. The molecular weight excluding hydrogens is 302 g/mol. The van der Waals surface area contributed by atoms with Gasteiger partial charge in [0.2, 0.25) is 0 Å². The van der Waals surface area contributed by atoms with Gasteiger partial charge in [0.1, 0.15) is 11.6 Å². The molecule has 0 saturated carbocycles. The van der Waals surface area contributed by atoms with Crippen LogP contribution >= 0.6 is 0 Å². The number of carbonyl (C=O) groups excluding carboxylic acids is 2. The predicted octanol–water partition coefficient (Wildman–Crippen LogP) is 2.50. The number of alkyl carbamates (subject to hydrolysis) is 1. The largest absolute Gasteiger partial charge is 0.480 e. The number of aliphatic carboxylic acids is 1. The second-order valence-electron chi connectivity index (χ2n) is 7.34. The first-order valence-electron chi connectivity index (χ1n) is 7.36. The third-order valence-electron chi connectivity index (χ3n) is 2.26. The molecule has 7 heteroatoms. The van der Waals surface area contributed by atoms with E-state index in [2.05, 4.69) is 5.32 Å². The molecule has 0 unspecified atom stereocenters. The summed E-state index contributed by atoms with van der Waals surface area (Å²) < 4.78 is 10.0. The minimum Gasteiger partial charge on any atom is -0.480 e. The Balaban J connectivity index is 4.44. The Bertz CT molecular complexity index is 456. The normalized spacial score (nSPS) is 13.5. The van der Waals surface area contributed by atoms with Crippen molar-refractivity contribution in [2.45, 2.75) is 59.6 Å². The van der Waals surface area contributed by atoms with E-state index in [-0.39, 0.29) is 18.4 Å². The number of esters is 1. The zero-order valence-electron chi connectivity index (χ0n) is 14.6. The molecule has 7 nitrogen and oxygen atoms in total. The molecule has 0 bridgehead atoms. The van der Waals surface area contributed by atoms with Gasteiger partial charge < -0.3 is 19.9 Å². The van der Waals surface area contributed by atoms with Crippen molar-refractivity contribution in [1.29, 1.82) is 0 Å². The van der Waals surface area contributed by atoms with Crippen LogP contribution in [0.15, 0.2) is 12.2 Å². The average Bonchev–Trinajstić information content (AvgIpc) is 2.31. The standard InChI is InChI=1S/C16H27NO6/c1-15(2,3)10-22-12(18)9-7-8-11(13(19)20)17-14(21)23-16(4,5)6/h7,9,11H,8,10H2,1-6H3,(H,17,21)(H,19,20)/t11-/m0/s1. The molecule has 0 aliphatic carbocycles. The van der Waals surface area contributed by atoms with E-state index in [1.54, 1.807) is 20.8 Å². The van der Waals surface area contributed by atoms with Gasteiger partial charge in [-0.05, 0) is 32.6 Å². The van der Waals surface area contributed by atoms with E-state index in [9.17, 15) is 14.4 Å². The van der Waals surface area contributed by atoms with Gasteiger partial charge in [-0.3, -0.25) is 0 Å². The molecule has 0 saturated heterocycles. The lowest BCUT2D eigenvalue weighted by Crippen LogP contribution is -2.43. The fourth-order valence-electron chi connectivity index (χ4n) is 1.31. The number of nitrogens with one attached hydrogen (secondary N) is 1. The fraction of sp³-hybridized carbons (Fsp3) is 0.688. The molecule has 0 aromatic heterocycles. The summed E-state index contributed by atoms with van der Waals surface area (Å²) in [6.45, 7) is 11.1. The van der Waals surface area contributed by atoms with Gasteiger partial charge in [-0.1, -0.05) is 26.8 Å². The van der Waals surface area contributed by atoms with Gasteiger partial charge in [-0.15, -0.1) is 0 Å². The van der Waals surface area contributed by atoms with Crippen LogP contribution in [0.4, 0.5) is 4.79 Å². The summed E-state index contributed by atoms with van der Waals surface area (Å²) in [6, 6.07) is -1.18. The number of amides is 1. The molecule has 0 heterocycles. The highest BCUT2D eigenvalue weighted by atomic mass is 16.6. The molecule has 132 valence electrons. The van der Waals surface area contributed by atoms with Crippen LogP contribution < -0.4 is 5.32 Å². The quantitative estimate of drug-likeness (QED) is 0.573. The average molecular weight is 329 g/mol. The van der Waals surface area contributed by atoms with Crippen molar-refractivity contribution in [3.8, 4) is 0 Å². The van der Waals surface area contributed by atoms with Crippen molar-refractivity contribution < 1.29 is 29.0 Å². The second-order valence-corrected chi connectivity index (χ2v) is 7.34. The van der Waals surface area contributed by atoms with Crippen molar-refractivity contribution in [2.75, 3.05) is 6.61 Å². The SMILES string of the molecule is CC(C)(C)COC(=O)C=CC[C@H](NC(=O)OC(C)(C)C)C(=O)O. The summed E-state index contributed by atoms with van der Waals surface area (Å²) in [6.07, 6.45) is 1.62. The van der Waals surface area contributed by atoms with Gasteiger partial charge in [0.15, 0.2) is 0 Å². The van der Waals surface area contributed by atoms with Crippen LogP contribution in [0.25, 0.3) is 0 Å². The van der Waals surface area contributed by atoms with Gasteiger partial charge >= 0.3 is 18.0 Å². The Morgan fingerprint density at radius 2 is 1.70 bits per heavy atom. The van der Waals surface area contributed by atoms with Crippen LogP contribution in [0.3, 0.4) is 0 Å². The molecule has 1 atom stereocenters. The zero-order valence-corrected chi connectivity index (χ0v) is 14.6. The highest BCUT2D eigenvalue weighted by Crippen LogP contribution is 2.13. The molecule has 0 radical (unpaired) electrons.